The standard InChI is InChI=1S/C13H17FN2OS/c14-10-2-4-11(5-3-10)18-9-1-8-16-12(17)13(15)6-7-13/h2-5H,1,6-9,15H2,(H,16,17). The lowest BCUT2D eigenvalue weighted by Crippen LogP contribution is -2.43. The lowest BCUT2D eigenvalue weighted by molar-refractivity contribution is -0.123. The van der Waals surface area contributed by atoms with Crippen LogP contribution in [0.5, 0.6) is 0 Å². The first-order valence-corrected chi connectivity index (χ1v) is 7.04. The molecule has 1 aromatic rings. The topological polar surface area (TPSA) is 55.1 Å². The van der Waals surface area contributed by atoms with Gasteiger partial charge in [-0.15, -0.1) is 11.8 Å². The van der Waals surface area contributed by atoms with Crippen molar-refractivity contribution in [3.63, 3.8) is 0 Å². The van der Waals surface area contributed by atoms with Gasteiger partial charge in [-0.05, 0) is 49.3 Å². The van der Waals surface area contributed by atoms with Crippen LogP contribution in [0.4, 0.5) is 4.39 Å². The fourth-order valence-electron chi connectivity index (χ4n) is 1.53. The van der Waals surface area contributed by atoms with E-state index in [1.54, 1.807) is 23.9 Å². The molecule has 0 radical (unpaired) electrons. The molecule has 0 spiro atoms. The number of thioether (sulfide) groups is 1. The summed E-state index contributed by atoms with van der Waals surface area (Å²) in [5, 5.41) is 2.84. The largest absolute Gasteiger partial charge is 0.354 e. The Balaban J connectivity index is 1.58. The Morgan fingerprint density at radius 2 is 2.06 bits per heavy atom. The summed E-state index contributed by atoms with van der Waals surface area (Å²) < 4.78 is 12.7. The molecule has 2 rings (SSSR count). The predicted octanol–water partition coefficient (Wildman–Crippen LogP) is 1.92. The Bertz CT molecular complexity index is 418. The molecule has 98 valence electrons. The van der Waals surface area contributed by atoms with Gasteiger partial charge >= 0.3 is 0 Å². The van der Waals surface area contributed by atoms with Crippen molar-refractivity contribution in [3.05, 3.63) is 30.1 Å². The highest BCUT2D eigenvalue weighted by Crippen LogP contribution is 2.32. The molecule has 3 nitrogen and oxygen atoms in total. The molecule has 0 heterocycles. The number of nitrogens with two attached hydrogens (primary N) is 1. The highest BCUT2D eigenvalue weighted by molar-refractivity contribution is 7.99. The van der Waals surface area contributed by atoms with Gasteiger partial charge < -0.3 is 11.1 Å². The lowest BCUT2D eigenvalue weighted by Gasteiger charge is -2.09. The number of carbonyl (C=O) groups excluding carboxylic acids is 1. The molecule has 0 aliphatic heterocycles. The quantitative estimate of drug-likeness (QED) is 0.612. The first-order chi connectivity index (χ1) is 8.60. The van der Waals surface area contributed by atoms with Crippen molar-refractivity contribution in [3.8, 4) is 0 Å². The Morgan fingerprint density at radius 3 is 2.67 bits per heavy atom. The van der Waals surface area contributed by atoms with E-state index in [-0.39, 0.29) is 11.7 Å². The summed E-state index contributed by atoms with van der Waals surface area (Å²) in [6, 6.07) is 6.43. The van der Waals surface area contributed by atoms with Crippen molar-refractivity contribution in [2.75, 3.05) is 12.3 Å². The van der Waals surface area contributed by atoms with Crippen molar-refractivity contribution < 1.29 is 9.18 Å². The Kier molecular flexibility index (Phi) is 4.24. The first-order valence-electron chi connectivity index (χ1n) is 6.06. The summed E-state index contributed by atoms with van der Waals surface area (Å²) in [4.78, 5) is 12.6. The first kappa shape index (κ1) is 13.4. The van der Waals surface area contributed by atoms with Gasteiger partial charge in [0.05, 0.1) is 5.54 Å². The van der Waals surface area contributed by atoms with Crippen LogP contribution in [0.2, 0.25) is 0 Å². The van der Waals surface area contributed by atoms with Crippen LogP contribution in [-0.4, -0.2) is 23.7 Å². The van der Waals surface area contributed by atoms with Crippen molar-refractivity contribution in [1.29, 1.82) is 0 Å². The van der Waals surface area contributed by atoms with Crippen LogP contribution in [0.3, 0.4) is 0 Å². The number of halogens is 1. The number of hydrogen-bond donors (Lipinski definition) is 2. The van der Waals surface area contributed by atoms with Crippen molar-refractivity contribution in [2.24, 2.45) is 5.73 Å². The molecule has 1 saturated carbocycles. The Labute approximate surface area is 110 Å². The molecule has 0 unspecified atom stereocenters. The molecular weight excluding hydrogens is 251 g/mol. The predicted molar refractivity (Wildman–Crippen MR) is 70.9 cm³/mol. The van der Waals surface area contributed by atoms with Crippen LogP contribution in [0, 0.1) is 5.82 Å². The Hall–Kier alpha value is -1.07. The van der Waals surface area contributed by atoms with E-state index in [0.717, 1.165) is 29.9 Å². The summed E-state index contributed by atoms with van der Waals surface area (Å²) in [6.07, 6.45) is 2.47. The second-order valence-corrected chi connectivity index (χ2v) is 5.74. The lowest BCUT2D eigenvalue weighted by atomic mass is 10.3. The Morgan fingerprint density at radius 1 is 1.39 bits per heavy atom. The van der Waals surface area contributed by atoms with Crippen molar-refractivity contribution in [1.82, 2.24) is 5.32 Å². The molecule has 1 amide bonds. The van der Waals surface area contributed by atoms with Gasteiger partial charge in [0.2, 0.25) is 5.91 Å². The van der Waals surface area contributed by atoms with Gasteiger partial charge in [0, 0.05) is 11.4 Å². The fraction of sp³-hybridized carbons (Fsp3) is 0.462. The minimum atomic E-state index is -0.579. The van der Waals surface area contributed by atoms with Crippen LogP contribution < -0.4 is 11.1 Å². The maximum Gasteiger partial charge on any atom is 0.240 e. The van der Waals surface area contributed by atoms with Gasteiger partial charge in [0.1, 0.15) is 5.82 Å². The number of nitrogens with one attached hydrogen (secondary N) is 1. The maximum absolute atomic E-state index is 12.7. The van der Waals surface area contributed by atoms with E-state index < -0.39 is 5.54 Å². The maximum atomic E-state index is 12.7. The summed E-state index contributed by atoms with van der Waals surface area (Å²) >= 11 is 1.65. The van der Waals surface area contributed by atoms with E-state index in [1.165, 1.54) is 12.1 Å². The second-order valence-electron chi connectivity index (χ2n) is 4.57. The molecule has 0 saturated heterocycles. The summed E-state index contributed by atoms with van der Waals surface area (Å²) in [6.45, 7) is 0.645. The molecule has 0 bridgehead atoms. The normalized spacial score (nSPS) is 16.3. The van der Waals surface area contributed by atoms with Crippen LogP contribution in [0.1, 0.15) is 19.3 Å². The molecule has 5 heteroatoms. The highest BCUT2D eigenvalue weighted by atomic mass is 32.2. The van der Waals surface area contributed by atoms with Gasteiger partial charge in [0.15, 0.2) is 0 Å². The van der Waals surface area contributed by atoms with Gasteiger partial charge in [0.25, 0.3) is 0 Å². The van der Waals surface area contributed by atoms with Gasteiger partial charge in [-0.1, -0.05) is 0 Å². The minimum Gasteiger partial charge on any atom is -0.354 e. The zero-order valence-electron chi connectivity index (χ0n) is 10.1. The summed E-state index contributed by atoms with van der Waals surface area (Å²) in [5.41, 5.74) is 5.18. The second kappa shape index (κ2) is 5.71. The monoisotopic (exact) mass is 268 g/mol. The van der Waals surface area contributed by atoms with Crippen LogP contribution in [-0.2, 0) is 4.79 Å². The molecule has 0 aromatic heterocycles. The summed E-state index contributed by atoms with van der Waals surface area (Å²) in [7, 11) is 0. The van der Waals surface area contributed by atoms with Crippen LogP contribution in [0.15, 0.2) is 29.2 Å². The van der Waals surface area contributed by atoms with Crippen LogP contribution in [0.25, 0.3) is 0 Å². The number of rotatable bonds is 6. The average molecular weight is 268 g/mol. The van der Waals surface area contributed by atoms with E-state index in [9.17, 15) is 9.18 Å². The van der Waals surface area contributed by atoms with E-state index in [4.69, 9.17) is 5.73 Å². The third-order valence-electron chi connectivity index (χ3n) is 2.93. The minimum absolute atomic E-state index is 0.0331. The molecule has 1 aliphatic carbocycles. The summed E-state index contributed by atoms with van der Waals surface area (Å²) in [5.74, 6) is 0.641. The third-order valence-corrected chi connectivity index (χ3v) is 4.03. The van der Waals surface area contributed by atoms with E-state index in [2.05, 4.69) is 5.32 Å². The number of amides is 1. The van der Waals surface area contributed by atoms with Crippen molar-refractivity contribution >= 4 is 17.7 Å². The SMILES string of the molecule is NC1(C(=O)NCCCSc2ccc(F)cc2)CC1. The smallest absolute Gasteiger partial charge is 0.240 e. The third kappa shape index (κ3) is 3.71. The zero-order valence-corrected chi connectivity index (χ0v) is 10.9. The van der Waals surface area contributed by atoms with Gasteiger partial charge in [-0.3, -0.25) is 4.79 Å². The van der Waals surface area contributed by atoms with E-state index in [1.807, 2.05) is 0 Å². The number of benzene rings is 1. The molecule has 18 heavy (non-hydrogen) atoms. The molecular formula is C13H17FN2OS. The van der Waals surface area contributed by atoms with Gasteiger partial charge in [-0.2, -0.15) is 0 Å². The number of hydrogen-bond acceptors (Lipinski definition) is 3. The average Bonchev–Trinajstić information content (AvgIpc) is 3.10. The van der Waals surface area contributed by atoms with E-state index >= 15 is 0 Å². The van der Waals surface area contributed by atoms with E-state index in [0.29, 0.717) is 6.54 Å². The highest BCUT2D eigenvalue weighted by Gasteiger charge is 2.45. The molecule has 1 fully saturated rings. The molecule has 1 aliphatic rings. The zero-order chi connectivity index (χ0) is 13.0. The van der Waals surface area contributed by atoms with Gasteiger partial charge in [-0.25, -0.2) is 4.39 Å². The van der Waals surface area contributed by atoms with Crippen LogP contribution >= 0.6 is 11.8 Å². The molecule has 0 atom stereocenters. The fourth-order valence-corrected chi connectivity index (χ4v) is 2.39. The van der Waals surface area contributed by atoms with Crippen molar-refractivity contribution in [2.45, 2.75) is 29.7 Å². The molecule has 1 aromatic carbocycles. The number of carbonyl (C=O) groups is 1. The molecule has 3 N–H and O–H groups in total.